The Balaban J connectivity index is 1.34. The Labute approximate surface area is 293 Å². The number of carbonyl (C=O) groups excluding carboxylic acids is 3. The lowest BCUT2D eigenvalue weighted by molar-refractivity contribution is -0.164. The number of furan rings is 1. The van der Waals surface area contributed by atoms with E-state index < -0.39 is 36.2 Å². The molecule has 50 heavy (non-hydrogen) atoms. The zero-order valence-electron chi connectivity index (χ0n) is 29.0. The summed E-state index contributed by atoms with van der Waals surface area (Å²) in [5.74, 6) is -0.490. The summed E-state index contributed by atoms with van der Waals surface area (Å²) < 4.78 is 35.2. The van der Waals surface area contributed by atoms with Crippen molar-refractivity contribution in [3.63, 3.8) is 0 Å². The van der Waals surface area contributed by atoms with Crippen molar-refractivity contribution in [2.24, 2.45) is 0 Å². The molecule has 0 spiro atoms. The van der Waals surface area contributed by atoms with E-state index in [4.69, 9.17) is 28.1 Å². The quantitative estimate of drug-likeness (QED) is 0.0823. The van der Waals surface area contributed by atoms with Gasteiger partial charge >= 0.3 is 12.1 Å². The number of carbonyl (C=O) groups is 3. The maximum Gasteiger partial charge on any atom is 0.417 e. The second-order valence-corrected chi connectivity index (χ2v) is 12.3. The molecule has 1 aliphatic rings. The van der Waals surface area contributed by atoms with Gasteiger partial charge in [-0.3, -0.25) is 9.59 Å². The van der Waals surface area contributed by atoms with Crippen molar-refractivity contribution in [3.05, 3.63) is 119 Å². The molecular weight excluding hydrogens is 638 g/mol. The molecule has 4 atom stereocenters. The fourth-order valence-corrected chi connectivity index (χ4v) is 5.98. The van der Waals surface area contributed by atoms with Gasteiger partial charge in [0.15, 0.2) is 12.2 Å². The summed E-state index contributed by atoms with van der Waals surface area (Å²) in [6.07, 6.45) is -1.54. The second kappa shape index (κ2) is 17.8. The van der Waals surface area contributed by atoms with E-state index in [-0.39, 0.29) is 18.5 Å². The number of imide groups is 1. The minimum absolute atomic E-state index is 0.00805. The van der Waals surface area contributed by atoms with E-state index in [2.05, 4.69) is 6.92 Å². The highest BCUT2D eigenvalue weighted by Gasteiger charge is 2.46. The number of methoxy groups -OCH3 is 1. The molecule has 0 aliphatic carbocycles. The Morgan fingerprint density at radius 3 is 2.40 bits per heavy atom. The largest absolute Gasteiger partial charge is 0.461 e. The van der Waals surface area contributed by atoms with Crippen molar-refractivity contribution in [1.29, 1.82) is 0 Å². The van der Waals surface area contributed by atoms with Crippen LogP contribution in [0.3, 0.4) is 0 Å². The Morgan fingerprint density at radius 2 is 1.72 bits per heavy atom. The van der Waals surface area contributed by atoms with Crippen LogP contribution in [0, 0.1) is 6.92 Å². The summed E-state index contributed by atoms with van der Waals surface area (Å²) >= 11 is 0. The Bertz CT molecular complexity index is 1700. The molecule has 3 aromatic carbocycles. The maximum atomic E-state index is 14.1. The van der Waals surface area contributed by atoms with Gasteiger partial charge in [-0.05, 0) is 42.5 Å². The molecule has 2 amide bonds. The van der Waals surface area contributed by atoms with Crippen molar-refractivity contribution in [2.75, 3.05) is 26.9 Å². The second-order valence-electron chi connectivity index (χ2n) is 12.3. The van der Waals surface area contributed by atoms with Crippen LogP contribution in [0.4, 0.5) is 4.79 Å². The molecule has 5 rings (SSSR count). The zero-order chi connectivity index (χ0) is 35.5. The van der Waals surface area contributed by atoms with Crippen LogP contribution < -0.4 is 0 Å². The summed E-state index contributed by atoms with van der Waals surface area (Å²) in [5.41, 5.74) is 4.60. The van der Waals surface area contributed by atoms with Gasteiger partial charge in [-0.1, -0.05) is 97.4 Å². The third kappa shape index (κ3) is 9.26. The van der Waals surface area contributed by atoms with E-state index in [1.807, 2.05) is 91.9 Å². The molecule has 264 valence electrons. The lowest BCUT2D eigenvalue weighted by Crippen LogP contribution is -2.45. The van der Waals surface area contributed by atoms with Crippen LogP contribution in [0.15, 0.2) is 95.4 Å². The number of nitrogens with zero attached hydrogens (tertiary/aromatic N) is 1. The first-order valence-electron chi connectivity index (χ1n) is 17.0. The zero-order valence-corrected chi connectivity index (χ0v) is 29.0. The Hall–Kier alpha value is -4.77. The molecule has 10 nitrogen and oxygen atoms in total. The van der Waals surface area contributed by atoms with Crippen LogP contribution in [0.1, 0.15) is 67.0 Å². The average molecular weight is 684 g/mol. The smallest absolute Gasteiger partial charge is 0.417 e. The monoisotopic (exact) mass is 683 g/mol. The number of ether oxygens (including phenoxy) is 5. The average Bonchev–Trinajstić information content (AvgIpc) is 3.73. The molecular formula is C40H45NO9. The fourth-order valence-electron chi connectivity index (χ4n) is 5.98. The van der Waals surface area contributed by atoms with Gasteiger partial charge in [-0.2, -0.15) is 0 Å². The van der Waals surface area contributed by atoms with E-state index in [9.17, 15) is 14.4 Å². The molecule has 0 saturated carbocycles. The van der Waals surface area contributed by atoms with Gasteiger partial charge in [-0.15, -0.1) is 0 Å². The van der Waals surface area contributed by atoms with Gasteiger partial charge < -0.3 is 28.1 Å². The Morgan fingerprint density at radius 1 is 0.980 bits per heavy atom. The Kier molecular flexibility index (Phi) is 13.0. The van der Waals surface area contributed by atoms with Crippen molar-refractivity contribution in [3.8, 4) is 11.1 Å². The standard InChI is InChI=1S/C40H45NO9/c1-5-32(47-24-29-15-8-6-9-16-29)25-46-21-13-20-35-33(31-19-12-14-27(2)22-31)23-36(50-35)37(49-28(3)42)38(45-4)39(43)41-34(26-48-40(41)44)30-17-10-7-11-18-30/h6-12,14-19,22-23,32,34,37-38H,5,13,20-21,24-26H2,1-4H3/t32-,34-,37-,38+/m1/s1. The third-order valence-corrected chi connectivity index (χ3v) is 8.58. The highest BCUT2D eigenvalue weighted by atomic mass is 16.6. The topological polar surface area (TPSA) is 114 Å². The minimum Gasteiger partial charge on any atom is -0.461 e. The molecule has 1 aromatic heterocycles. The fraction of sp³-hybridized carbons (Fsp3) is 0.375. The first kappa shape index (κ1) is 36.5. The predicted molar refractivity (Wildman–Crippen MR) is 186 cm³/mol. The van der Waals surface area contributed by atoms with Crippen molar-refractivity contribution >= 4 is 18.0 Å². The van der Waals surface area contributed by atoms with E-state index in [1.165, 1.54) is 14.0 Å². The molecule has 1 aliphatic heterocycles. The number of cyclic esters (lactones) is 1. The maximum absolute atomic E-state index is 14.1. The molecule has 2 heterocycles. The van der Waals surface area contributed by atoms with E-state index in [0.29, 0.717) is 38.4 Å². The number of esters is 1. The molecule has 1 fully saturated rings. The number of hydrogen-bond donors (Lipinski definition) is 0. The molecule has 1 saturated heterocycles. The van der Waals surface area contributed by atoms with E-state index in [0.717, 1.165) is 39.1 Å². The summed E-state index contributed by atoms with van der Waals surface area (Å²) in [6, 6.07) is 28.2. The highest BCUT2D eigenvalue weighted by Crippen LogP contribution is 2.37. The molecule has 0 unspecified atom stereocenters. The van der Waals surface area contributed by atoms with Gasteiger partial charge in [0.1, 0.15) is 24.2 Å². The SMILES string of the molecule is CC[C@H](COCCCc1oc([C@@H](OC(C)=O)[C@H](OC)C(=O)N2C(=O)OC[C@@H]2c2ccccc2)cc1-c1cccc(C)c1)OCc1ccccc1. The van der Waals surface area contributed by atoms with Gasteiger partial charge in [0.25, 0.3) is 5.91 Å². The van der Waals surface area contributed by atoms with Gasteiger partial charge in [-0.25, -0.2) is 9.69 Å². The third-order valence-electron chi connectivity index (χ3n) is 8.58. The van der Waals surface area contributed by atoms with E-state index >= 15 is 0 Å². The number of aryl methyl sites for hydroxylation is 2. The van der Waals surface area contributed by atoms with Crippen LogP contribution in [0.5, 0.6) is 0 Å². The van der Waals surface area contributed by atoms with Crippen molar-refractivity contribution in [1.82, 2.24) is 4.90 Å². The first-order valence-corrected chi connectivity index (χ1v) is 17.0. The van der Waals surface area contributed by atoms with Gasteiger partial charge in [0.05, 0.1) is 19.3 Å². The summed E-state index contributed by atoms with van der Waals surface area (Å²) in [4.78, 5) is 40.4. The van der Waals surface area contributed by atoms with Gasteiger partial charge in [0, 0.05) is 32.6 Å². The number of hydrogen-bond acceptors (Lipinski definition) is 9. The van der Waals surface area contributed by atoms with Crippen LogP contribution in [-0.2, 0) is 46.3 Å². The van der Waals surface area contributed by atoms with Crippen molar-refractivity contribution in [2.45, 2.75) is 71.0 Å². The molecule has 0 N–H and O–H groups in total. The van der Waals surface area contributed by atoms with Gasteiger partial charge in [0.2, 0.25) is 0 Å². The van der Waals surface area contributed by atoms with Crippen molar-refractivity contribution < 1.29 is 42.5 Å². The van der Waals surface area contributed by atoms with Crippen LogP contribution in [0.2, 0.25) is 0 Å². The predicted octanol–water partition coefficient (Wildman–Crippen LogP) is 7.54. The van der Waals surface area contributed by atoms with Crippen LogP contribution in [-0.4, -0.2) is 62.0 Å². The molecule has 0 radical (unpaired) electrons. The lowest BCUT2D eigenvalue weighted by Gasteiger charge is -2.28. The summed E-state index contributed by atoms with van der Waals surface area (Å²) in [6.45, 7) is 6.78. The molecule has 10 heteroatoms. The minimum atomic E-state index is -1.40. The van der Waals surface area contributed by atoms with Crippen LogP contribution in [0.25, 0.3) is 11.1 Å². The number of rotatable bonds is 17. The normalized spacial score (nSPS) is 16.1. The van der Waals surface area contributed by atoms with Crippen LogP contribution >= 0.6 is 0 Å². The number of amides is 2. The lowest BCUT2D eigenvalue weighted by atomic mass is 10.0. The molecule has 0 bridgehead atoms. The summed E-state index contributed by atoms with van der Waals surface area (Å²) in [7, 11) is 1.33. The first-order chi connectivity index (χ1) is 24.3. The number of benzene rings is 3. The summed E-state index contributed by atoms with van der Waals surface area (Å²) in [5, 5.41) is 0. The molecule has 4 aromatic rings. The highest BCUT2D eigenvalue weighted by molar-refractivity contribution is 5.96. The van der Waals surface area contributed by atoms with E-state index in [1.54, 1.807) is 6.07 Å².